The minimum atomic E-state index is 0.723. The van der Waals surface area contributed by atoms with Crippen LogP contribution in [0.1, 0.15) is 26.7 Å². The molecule has 0 fully saturated rings. The third kappa shape index (κ3) is 3.43. The Morgan fingerprint density at radius 3 is 3.12 bits per heavy atom. The highest BCUT2D eigenvalue weighted by molar-refractivity contribution is 5.09. The van der Waals surface area contributed by atoms with Crippen LogP contribution in [0.2, 0.25) is 0 Å². The van der Waals surface area contributed by atoms with E-state index >= 15 is 0 Å². The summed E-state index contributed by atoms with van der Waals surface area (Å²) in [6.45, 7) is 7.70. The number of aromatic nitrogens is 2. The number of nitrogens with zero attached hydrogens (tertiary/aromatic N) is 2. The highest BCUT2D eigenvalue weighted by Gasteiger charge is 2.21. The van der Waals surface area contributed by atoms with Crippen LogP contribution in [0.4, 0.5) is 0 Å². The van der Waals surface area contributed by atoms with Gasteiger partial charge in [-0.15, -0.1) is 0 Å². The van der Waals surface area contributed by atoms with Gasteiger partial charge in [-0.2, -0.15) is 5.10 Å². The summed E-state index contributed by atoms with van der Waals surface area (Å²) in [5.74, 6) is 1.54. The van der Waals surface area contributed by atoms with Crippen molar-refractivity contribution in [2.24, 2.45) is 11.8 Å². The van der Waals surface area contributed by atoms with E-state index in [9.17, 15) is 0 Å². The smallest absolute Gasteiger partial charge is 0.0533 e. The number of allylic oxidation sites excluding steroid dienone is 1. The van der Waals surface area contributed by atoms with E-state index in [0.717, 1.165) is 31.5 Å². The first kappa shape index (κ1) is 12.4. The lowest BCUT2D eigenvalue weighted by atomic mass is 9.80. The third-order valence-electron chi connectivity index (χ3n) is 3.80. The van der Waals surface area contributed by atoms with Gasteiger partial charge in [0.25, 0.3) is 0 Å². The molecule has 1 aromatic rings. The van der Waals surface area contributed by atoms with Gasteiger partial charge in [0.15, 0.2) is 0 Å². The van der Waals surface area contributed by atoms with Gasteiger partial charge in [-0.3, -0.25) is 4.68 Å². The molecular formula is C14H23N3. The second-order valence-corrected chi connectivity index (χ2v) is 5.08. The molecule has 0 amide bonds. The summed E-state index contributed by atoms with van der Waals surface area (Å²) < 4.78 is 1.97. The van der Waals surface area contributed by atoms with Crippen molar-refractivity contribution in [2.75, 3.05) is 13.1 Å². The average Bonchev–Trinajstić information content (AvgIpc) is 2.80. The van der Waals surface area contributed by atoms with Gasteiger partial charge in [0.1, 0.15) is 0 Å². The number of hydrogen-bond donors (Lipinski definition) is 1. The van der Waals surface area contributed by atoms with Gasteiger partial charge in [0, 0.05) is 25.5 Å². The van der Waals surface area contributed by atoms with Crippen molar-refractivity contribution in [3.8, 4) is 0 Å². The predicted octanol–water partition coefficient (Wildman–Crippen LogP) is 2.47. The van der Waals surface area contributed by atoms with E-state index in [-0.39, 0.29) is 0 Å². The zero-order valence-electron chi connectivity index (χ0n) is 10.9. The first-order valence-corrected chi connectivity index (χ1v) is 6.62. The van der Waals surface area contributed by atoms with Crippen molar-refractivity contribution < 1.29 is 0 Å². The molecular weight excluding hydrogens is 210 g/mol. The summed E-state index contributed by atoms with van der Waals surface area (Å²) in [5.41, 5.74) is 1.57. The molecule has 0 saturated heterocycles. The third-order valence-corrected chi connectivity index (χ3v) is 3.80. The molecule has 0 aliphatic heterocycles. The maximum absolute atomic E-state index is 4.20. The fraction of sp³-hybridized carbons (Fsp3) is 0.643. The van der Waals surface area contributed by atoms with Crippen LogP contribution in [0, 0.1) is 11.8 Å². The SMILES string of the molecule is CC1=CCC[C@@H](C)[C@H]1CNCCn1cccn1. The lowest BCUT2D eigenvalue weighted by Crippen LogP contribution is -2.31. The van der Waals surface area contributed by atoms with E-state index in [2.05, 4.69) is 30.3 Å². The molecule has 2 atom stereocenters. The molecule has 0 saturated carbocycles. The van der Waals surface area contributed by atoms with Crippen molar-refractivity contribution >= 4 is 0 Å². The van der Waals surface area contributed by atoms with Crippen molar-refractivity contribution in [3.63, 3.8) is 0 Å². The second kappa shape index (κ2) is 6.01. The molecule has 1 aromatic heterocycles. The molecule has 3 nitrogen and oxygen atoms in total. The predicted molar refractivity (Wildman–Crippen MR) is 70.7 cm³/mol. The maximum Gasteiger partial charge on any atom is 0.0533 e. The van der Waals surface area contributed by atoms with E-state index in [1.54, 1.807) is 5.57 Å². The Hall–Kier alpha value is -1.09. The fourth-order valence-electron chi connectivity index (χ4n) is 2.62. The molecule has 0 radical (unpaired) electrons. The summed E-state index contributed by atoms with van der Waals surface area (Å²) in [5, 5.41) is 7.75. The Kier molecular flexibility index (Phi) is 4.37. The monoisotopic (exact) mass is 233 g/mol. The first-order valence-electron chi connectivity index (χ1n) is 6.62. The topological polar surface area (TPSA) is 29.9 Å². The van der Waals surface area contributed by atoms with E-state index in [1.807, 2.05) is 23.1 Å². The highest BCUT2D eigenvalue weighted by Crippen LogP contribution is 2.29. The Labute approximate surface area is 104 Å². The van der Waals surface area contributed by atoms with E-state index in [1.165, 1.54) is 12.8 Å². The minimum Gasteiger partial charge on any atom is -0.314 e. The quantitative estimate of drug-likeness (QED) is 0.625. The summed E-state index contributed by atoms with van der Waals surface area (Å²) in [6, 6.07) is 1.97. The van der Waals surface area contributed by atoms with Gasteiger partial charge in [-0.1, -0.05) is 18.6 Å². The second-order valence-electron chi connectivity index (χ2n) is 5.08. The van der Waals surface area contributed by atoms with Gasteiger partial charge in [0.2, 0.25) is 0 Å². The zero-order valence-corrected chi connectivity index (χ0v) is 10.9. The Morgan fingerprint density at radius 2 is 2.41 bits per heavy atom. The van der Waals surface area contributed by atoms with Crippen LogP contribution in [-0.4, -0.2) is 22.9 Å². The van der Waals surface area contributed by atoms with Crippen LogP contribution >= 0.6 is 0 Å². The van der Waals surface area contributed by atoms with Crippen LogP contribution in [0.5, 0.6) is 0 Å². The van der Waals surface area contributed by atoms with Crippen LogP contribution < -0.4 is 5.32 Å². The molecule has 94 valence electrons. The molecule has 1 N–H and O–H groups in total. The lowest BCUT2D eigenvalue weighted by Gasteiger charge is -2.29. The number of nitrogens with one attached hydrogen (secondary N) is 1. The molecule has 0 bridgehead atoms. The highest BCUT2D eigenvalue weighted by atomic mass is 15.3. The number of rotatable bonds is 5. The van der Waals surface area contributed by atoms with E-state index in [0.29, 0.717) is 0 Å². The average molecular weight is 233 g/mol. The summed E-state index contributed by atoms with van der Waals surface area (Å²) in [4.78, 5) is 0. The van der Waals surface area contributed by atoms with E-state index in [4.69, 9.17) is 0 Å². The standard InChI is InChI=1S/C14H23N3/c1-12-5-3-6-13(2)14(12)11-15-8-10-17-9-4-7-16-17/h4-5,7,9,13-15H,3,6,8,10-11H2,1-2H3/t13-,14+/m1/s1. The largest absolute Gasteiger partial charge is 0.314 e. The van der Waals surface area contributed by atoms with E-state index < -0.39 is 0 Å². The zero-order chi connectivity index (χ0) is 12.1. The molecule has 1 heterocycles. The summed E-state index contributed by atoms with van der Waals surface area (Å²) >= 11 is 0. The van der Waals surface area contributed by atoms with Crippen molar-refractivity contribution in [1.82, 2.24) is 15.1 Å². The van der Waals surface area contributed by atoms with Gasteiger partial charge in [0.05, 0.1) is 6.54 Å². The molecule has 1 aliphatic rings. The Balaban J connectivity index is 1.71. The summed E-state index contributed by atoms with van der Waals surface area (Å²) in [6.07, 6.45) is 8.84. The molecule has 0 unspecified atom stereocenters. The maximum atomic E-state index is 4.20. The van der Waals surface area contributed by atoms with Crippen LogP contribution in [0.15, 0.2) is 30.1 Å². The lowest BCUT2D eigenvalue weighted by molar-refractivity contribution is 0.347. The van der Waals surface area contributed by atoms with Gasteiger partial charge >= 0.3 is 0 Å². The van der Waals surface area contributed by atoms with Crippen LogP contribution in [0.25, 0.3) is 0 Å². The summed E-state index contributed by atoms with van der Waals surface area (Å²) in [7, 11) is 0. The molecule has 3 heteroatoms. The van der Waals surface area contributed by atoms with Gasteiger partial charge in [-0.25, -0.2) is 0 Å². The van der Waals surface area contributed by atoms with Crippen molar-refractivity contribution in [3.05, 3.63) is 30.1 Å². The molecule has 0 aromatic carbocycles. The van der Waals surface area contributed by atoms with Gasteiger partial charge < -0.3 is 5.32 Å². The molecule has 2 rings (SSSR count). The van der Waals surface area contributed by atoms with Crippen molar-refractivity contribution in [1.29, 1.82) is 0 Å². The Bertz CT molecular complexity index is 354. The first-order chi connectivity index (χ1) is 8.27. The number of hydrogen-bond acceptors (Lipinski definition) is 2. The molecule has 0 spiro atoms. The van der Waals surface area contributed by atoms with Gasteiger partial charge in [-0.05, 0) is 37.7 Å². The minimum absolute atomic E-state index is 0.723. The van der Waals surface area contributed by atoms with Crippen LogP contribution in [0.3, 0.4) is 0 Å². The molecule has 17 heavy (non-hydrogen) atoms. The van der Waals surface area contributed by atoms with Crippen LogP contribution in [-0.2, 0) is 6.54 Å². The molecule has 1 aliphatic carbocycles. The Morgan fingerprint density at radius 1 is 1.53 bits per heavy atom. The fourth-order valence-corrected chi connectivity index (χ4v) is 2.62. The normalized spacial score (nSPS) is 24.7. The van der Waals surface area contributed by atoms with Crippen molar-refractivity contribution in [2.45, 2.75) is 33.2 Å².